The monoisotopic (exact) mass is 406 g/mol. The minimum atomic E-state index is 0.0260. The van der Waals surface area contributed by atoms with E-state index in [1.54, 1.807) is 6.08 Å². The predicted octanol–water partition coefficient (Wildman–Crippen LogP) is 5.89. The second-order valence-corrected chi connectivity index (χ2v) is 8.05. The van der Waals surface area contributed by atoms with Gasteiger partial charge in [0, 0.05) is 36.1 Å². The van der Waals surface area contributed by atoms with E-state index in [0.717, 1.165) is 28.4 Å². The quantitative estimate of drug-likeness (QED) is 0.428. The molecule has 0 aliphatic rings. The van der Waals surface area contributed by atoms with Gasteiger partial charge in [0.25, 0.3) is 0 Å². The number of halogens is 1. The van der Waals surface area contributed by atoms with Crippen LogP contribution in [0.3, 0.4) is 0 Å². The van der Waals surface area contributed by atoms with Crippen molar-refractivity contribution in [1.29, 1.82) is 0 Å². The van der Waals surface area contributed by atoms with Crippen molar-refractivity contribution in [2.24, 2.45) is 5.92 Å². The summed E-state index contributed by atoms with van der Waals surface area (Å²) in [7, 11) is 0. The van der Waals surface area contributed by atoms with Crippen LogP contribution in [0.2, 0.25) is 5.02 Å². The molecule has 3 rings (SSSR count). The van der Waals surface area contributed by atoms with Gasteiger partial charge in [-0.2, -0.15) is 0 Å². The van der Waals surface area contributed by atoms with Gasteiger partial charge < -0.3 is 9.47 Å². The third kappa shape index (κ3) is 6.37. The third-order valence-corrected chi connectivity index (χ3v) is 4.87. The normalized spacial score (nSPS) is 11.3. The Morgan fingerprint density at radius 2 is 1.86 bits per heavy atom. The minimum Gasteiger partial charge on any atom is -0.345 e. The first kappa shape index (κ1) is 20.9. The summed E-state index contributed by atoms with van der Waals surface area (Å²) >= 11 is 6.12. The Hall–Kier alpha value is -2.78. The SMILES string of the molecule is CC(C)CN(Cc1cccn1Cc1cccc(Cl)c1)C(=O)C=Cc1ccccc1. The molecule has 0 fully saturated rings. The lowest BCUT2D eigenvalue weighted by Crippen LogP contribution is -2.33. The van der Waals surface area contributed by atoms with Crippen LogP contribution in [-0.4, -0.2) is 21.9 Å². The smallest absolute Gasteiger partial charge is 0.246 e. The molecular formula is C25H27ClN2O. The lowest BCUT2D eigenvalue weighted by Gasteiger charge is -2.24. The van der Waals surface area contributed by atoms with Crippen LogP contribution in [0, 0.1) is 5.92 Å². The first-order valence-corrected chi connectivity index (χ1v) is 10.3. The van der Waals surface area contributed by atoms with E-state index in [4.69, 9.17) is 11.6 Å². The largest absolute Gasteiger partial charge is 0.345 e. The summed E-state index contributed by atoms with van der Waals surface area (Å²) in [6.07, 6.45) is 5.59. The summed E-state index contributed by atoms with van der Waals surface area (Å²) in [5.41, 5.74) is 3.27. The van der Waals surface area contributed by atoms with Gasteiger partial charge in [0.2, 0.25) is 5.91 Å². The minimum absolute atomic E-state index is 0.0260. The van der Waals surface area contributed by atoms with Crippen molar-refractivity contribution in [3.8, 4) is 0 Å². The number of rotatable bonds is 8. The van der Waals surface area contributed by atoms with Gasteiger partial charge in [0.05, 0.1) is 6.54 Å². The van der Waals surface area contributed by atoms with Crippen LogP contribution in [0.1, 0.15) is 30.7 Å². The van der Waals surface area contributed by atoms with Crippen molar-refractivity contribution in [2.75, 3.05) is 6.54 Å². The molecule has 0 saturated heterocycles. The maximum Gasteiger partial charge on any atom is 0.246 e. The maximum absolute atomic E-state index is 12.9. The zero-order valence-electron chi connectivity index (χ0n) is 17.0. The second-order valence-electron chi connectivity index (χ2n) is 7.61. The number of nitrogens with zero attached hydrogens (tertiary/aromatic N) is 2. The van der Waals surface area contributed by atoms with Crippen LogP contribution in [0.15, 0.2) is 79.0 Å². The molecule has 0 atom stereocenters. The maximum atomic E-state index is 12.9. The first-order chi connectivity index (χ1) is 14.0. The molecular weight excluding hydrogens is 380 g/mol. The average Bonchev–Trinajstić information content (AvgIpc) is 3.12. The molecule has 0 radical (unpaired) electrons. The number of amides is 1. The van der Waals surface area contributed by atoms with Crippen LogP contribution in [-0.2, 0) is 17.9 Å². The fraction of sp³-hybridized carbons (Fsp3) is 0.240. The molecule has 0 bridgehead atoms. The molecule has 29 heavy (non-hydrogen) atoms. The highest BCUT2D eigenvalue weighted by atomic mass is 35.5. The van der Waals surface area contributed by atoms with E-state index in [-0.39, 0.29) is 5.91 Å². The highest BCUT2D eigenvalue weighted by molar-refractivity contribution is 6.30. The summed E-state index contributed by atoms with van der Waals surface area (Å²) in [5, 5.41) is 0.735. The fourth-order valence-corrected chi connectivity index (χ4v) is 3.50. The molecule has 0 N–H and O–H groups in total. The van der Waals surface area contributed by atoms with Gasteiger partial charge in [-0.15, -0.1) is 0 Å². The zero-order valence-corrected chi connectivity index (χ0v) is 17.7. The average molecular weight is 407 g/mol. The van der Waals surface area contributed by atoms with Gasteiger partial charge in [0.1, 0.15) is 0 Å². The van der Waals surface area contributed by atoms with Gasteiger partial charge in [-0.3, -0.25) is 4.79 Å². The molecule has 4 heteroatoms. The summed E-state index contributed by atoms with van der Waals surface area (Å²) in [5.74, 6) is 0.415. The highest BCUT2D eigenvalue weighted by Crippen LogP contribution is 2.16. The Kier molecular flexibility index (Phi) is 7.31. The fourth-order valence-electron chi connectivity index (χ4n) is 3.29. The van der Waals surface area contributed by atoms with Crippen LogP contribution in [0.4, 0.5) is 0 Å². The van der Waals surface area contributed by atoms with E-state index in [2.05, 4.69) is 30.5 Å². The van der Waals surface area contributed by atoms with E-state index in [1.807, 2.05) is 71.8 Å². The molecule has 0 aliphatic heterocycles. The van der Waals surface area contributed by atoms with Gasteiger partial charge in [-0.25, -0.2) is 0 Å². The molecule has 1 aromatic heterocycles. The number of carbonyl (C=O) groups is 1. The van der Waals surface area contributed by atoms with Crippen molar-refractivity contribution >= 4 is 23.6 Å². The Bertz CT molecular complexity index is 960. The predicted molar refractivity (Wildman–Crippen MR) is 121 cm³/mol. The zero-order chi connectivity index (χ0) is 20.6. The molecule has 1 heterocycles. The van der Waals surface area contributed by atoms with Gasteiger partial charge in [0.15, 0.2) is 0 Å². The number of aromatic nitrogens is 1. The van der Waals surface area contributed by atoms with Gasteiger partial charge in [-0.05, 0) is 47.4 Å². The molecule has 0 spiro atoms. The van der Waals surface area contributed by atoms with E-state index in [0.29, 0.717) is 19.0 Å². The van der Waals surface area contributed by atoms with Crippen molar-refractivity contribution in [3.63, 3.8) is 0 Å². The van der Waals surface area contributed by atoms with Crippen molar-refractivity contribution in [2.45, 2.75) is 26.9 Å². The molecule has 3 nitrogen and oxygen atoms in total. The number of hydrogen-bond donors (Lipinski definition) is 0. The molecule has 1 amide bonds. The van der Waals surface area contributed by atoms with Crippen LogP contribution in [0.5, 0.6) is 0 Å². The summed E-state index contributed by atoms with van der Waals surface area (Å²) < 4.78 is 2.17. The third-order valence-electron chi connectivity index (χ3n) is 4.63. The lowest BCUT2D eigenvalue weighted by molar-refractivity contribution is -0.127. The first-order valence-electron chi connectivity index (χ1n) is 9.92. The van der Waals surface area contributed by atoms with E-state index in [9.17, 15) is 4.79 Å². The van der Waals surface area contributed by atoms with E-state index in [1.165, 1.54) is 0 Å². The summed E-state index contributed by atoms with van der Waals surface area (Å²) in [6.45, 7) is 6.27. The molecule has 0 aliphatic carbocycles. The summed E-state index contributed by atoms with van der Waals surface area (Å²) in [4.78, 5) is 14.8. The second kappa shape index (κ2) is 10.1. The number of hydrogen-bond acceptors (Lipinski definition) is 1. The van der Waals surface area contributed by atoms with Crippen LogP contribution in [0.25, 0.3) is 6.08 Å². The van der Waals surface area contributed by atoms with Crippen molar-refractivity contribution in [3.05, 3.63) is 101 Å². The number of carbonyl (C=O) groups excluding carboxylic acids is 1. The van der Waals surface area contributed by atoms with E-state index >= 15 is 0 Å². The molecule has 3 aromatic rings. The summed E-state index contributed by atoms with van der Waals surface area (Å²) in [6, 6.07) is 21.9. The Labute approximate surface area is 178 Å². The topological polar surface area (TPSA) is 25.2 Å². The molecule has 0 unspecified atom stereocenters. The van der Waals surface area contributed by atoms with Crippen molar-refractivity contribution < 1.29 is 4.79 Å². The van der Waals surface area contributed by atoms with E-state index < -0.39 is 0 Å². The van der Waals surface area contributed by atoms with Crippen LogP contribution < -0.4 is 0 Å². The standard InChI is InChI=1S/C25H27ClN2O/c1-20(2)17-28(25(29)14-13-21-8-4-3-5-9-21)19-24-12-7-15-27(24)18-22-10-6-11-23(26)16-22/h3-16,20H,17-19H2,1-2H3. The number of benzene rings is 2. The Morgan fingerprint density at radius 1 is 1.07 bits per heavy atom. The Morgan fingerprint density at radius 3 is 2.59 bits per heavy atom. The molecule has 0 saturated carbocycles. The van der Waals surface area contributed by atoms with Crippen molar-refractivity contribution in [1.82, 2.24) is 9.47 Å². The highest BCUT2D eigenvalue weighted by Gasteiger charge is 2.15. The lowest BCUT2D eigenvalue weighted by atomic mass is 10.1. The molecule has 2 aromatic carbocycles. The van der Waals surface area contributed by atoms with Gasteiger partial charge in [-0.1, -0.05) is 67.9 Å². The molecule has 150 valence electrons. The van der Waals surface area contributed by atoms with Gasteiger partial charge >= 0.3 is 0 Å². The Balaban J connectivity index is 1.74. The van der Waals surface area contributed by atoms with Crippen LogP contribution >= 0.6 is 11.6 Å².